The molecule has 6 heteroatoms. The maximum absolute atomic E-state index is 11.7. The van der Waals surface area contributed by atoms with E-state index in [0.717, 1.165) is 31.1 Å². The average Bonchev–Trinajstić information content (AvgIpc) is 2.35. The van der Waals surface area contributed by atoms with E-state index in [2.05, 4.69) is 12.7 Å². The van der Waals surface area contributed by atoms with E-state index in [-0.39, 0.29) is 10.8 Å². The van der Waals surface area contributed by atoms with E-state index in [4.69, 9.17) is 10.5 Å². The Bertz CT molecular complexity index is 436. The van der Waals surface area contributed by atoms with Gasteiger partial charge in [-0.05, 0) is 18.2 Å². The Morgan fingerprint density at radius 2 is 2.18 bits per heavy atom. The SMILES string of the molecule is CCCCN1CSC(=C=C(C#N)C#N)SC1=O. The lowest BCUT2D eigenvalue weighted by Crippen LogP contribution is -2.30. The number of carbonyl (C=O) groups excluding carboxylic acids is 1. The summed E-state index contributed by atoms with van der Waals surface area (Å²) >= 11 is 2.47. The van der Waals surface area contributed by atoms with Gasteiger partial charge in [0.25, 0.3) is 5.24 Å². The van der Waals surface area contributed by atoms with Crippen molar-refractivity contribution >= 4 is 28.8 Å². The summed E-state index contributed by atoms with van der Waals surface area (Å²) in [7, 11) is 0. The second-order valence-corrected chi connectivity index (χ2v) is 5.44. The highest BCUT2D eigenvalue weighted by Crippen LogP contribution is 2.36. The lowest BCUT2D eigenvalue weighted by atomic mass is 10.3. The lowest BCUT2D eigenvalue weighted by molar-refractivity contribution is 0.230. The molecular weight excluding hydrogens is 254 g/mol. The molecular formula is C11H11N3OS2. The summed E-state index contributed by atoms with van der Waals surface area (Å²) in [6.45, 7) is 2.84. The van der Waals surface area contributed by atoms with E-state index in [9.17, 15) is 4.79 Å². The molecule has 0 radical (unpaired) electrons. The van der Waals surface area contributed by atoms with Gasteiger partial charge < -0.3 is 4.90 Å². The largest absolute Gasteiger partial charge is 0.324 e. The highest BCUT2D eigenvalue weighted by atomic mass is 32.2. The first kappa shape index (κ1) is 13.7. The summed E-state index contributed by atoms with van der Waals surface area (Å²) in [6, 6.07) is 3.46. The molecule has 1 rings (SSSR count). The molecule has 0 saturated carbocycles. The number of hydrogen-bond acceptors (Lipinski definition) is 5. The van der Waals surface area contributed by atoms with Gasteiger partial charge in [-0.2, -0.15) is 10.5 Å². The molecule has 0 aromatic heterocycles. The van der Waals surface area contributed by atoms with Crippen LogP contribution in [-0.4, -0.2) is 22.6 Å². The Morgan fingerprint density at radius 1 is 1.47 bits per heavy atom. The molecule has 1 aliphatic rings. The predicted molar refractivity (Wildman–Crippen MR) is 68.8 cm³/mol. The Morgan fingerprint density at radius 3 is 2.71 bits per heavy atom. The molecule has 4 nitrogen and oxygen atoms in total. The number of allylic oxidation sites excluding steroid dienone is 1. The Kier molecular flexibility index (Phi) is 5.72. The zero-order valence-electron chi connectivity index (χ0n) is 9.39. The molecule has 17 heavy (non-hydrogen) atoms. The second-order valence-electron chi connectivity index (χ2n) is 3.27. The molecule has 0 aromatic carbocycles. The molecule has 1 amide bonds. The fourth-order valence-electron chi connectivity index (χ4n) is 1.11. The van der Waals surface area contributed by atoms with Crippen LogP contribution >= 0.6 is 23.5 Å². The lowest BCUT2D eigenvalue weighted by Gasteiger charge is -2.25. The van der Waals surface area contributed by atoms with Gasteiger partial charge in [0.2, 0.25) is 0 Å². The summed E-state index contributed by atoms with van der Waals surface area (Å²) in [4.78, 5) is 13.5. The number of nitrogens with zero attached hydrogens (tertiary/aromatic N) is 3. The van der Waals surface area contributed by atoms with Crippen molar-refractivity contribution in [3.63, 3.8) is 0 Å². The minimum absolute atomic E-state index is 0.0325. The minimum Gasteiger partial charge on any atom is -0.324 e. The summed E-state index contributed by atoms with van der Waals surface area (Å²) in [5.74, 6) is 0.568. The molecule has 0 aromatic rings. The quantitative estimate of drug-likeness (QED) is 0.579. The van der Waals surface area contributed by atoms with Crippen molar-refractivity contribution in [2.75, 3.05) is 12.4 Å². The first-order valence-corrected chi connectivity index (χ1v) is 6.92. The van der Waals surface area contributed by atoms with Crippen LogP contribution in [0, 0.1) is 22.7 Å². The van der Waals surface area contributed by atoms with Crippen molar-refractivity contribution in [3.8, 4) is 12.1 Å². The van der Waals surface area contributed by atoms with Crippen molar-refractivity contribution in [2.45, 2.75) is 19.8 Å². The number of amides is 1. The van der Waals surface area contributed by atoms with Gasteiger partial charge in [0, 0.05) is 6.54 Å². The van der Waals surface area contributed by atoms with Gasteiger partial charge in [0.15, 0.2) is 5.57 Å². The summed E-state index contributed by atoms with van der Waals surface area (Å²) < 4.78 is 0.598. The first-order valence-electron chi connectivity index (χ1n) is 5.12. The number of carbonyl (C=O) groups is 1. The van der Waals surface area contributed by atoms with Crippen LogP contribution in [0.1, 0.15) is 19.8 Å². The molecule has 1 fully saturated rings. The smallest absolute Gasteiger partial charge is 0.288 e. The van der Waals surface area contributed by atoms with Crippen LogP contribution in [-0.2, 0) is 0 Å². The molecule has 0 aliphatic carbocycles. The predicted octanol–water partition coefficient (Wildman–Crippen LogP) is 3.06. The van der Waals surface area contributed by atoms with E-state index in [1.165, 1.54) is 11.8 Å². The maximum Gasteiger partial charge on any atom is 0.288 e. The number of nitriles is 2. The minimum atomic E-state index is -0.0881. The molecule has 0 atom stereocenters. The van der Waals surface area contributed by atoms with Crippen molar-refractivity contribution < 1.29 is 4.79 Å². The molecule has 0 N–H and O–H groups in total. The van der Waals surface area contributed by atoms with Crippen LogP contribution in [0.15, 0.2) is 15.5 Å². The van der Waals surface area contributed by atoms with E-state index >= 15 is 0 Å². The van der Waals surface area contributed by atoms with Crippen molar-refractivity contribution in [2.24, 2.45) is 0 Å². The number of hydrogen-bond donors (Lipinski definition) is 0. The summed E-state index contributed by atoms with van der Waals surface area (Å²) in [5, 5.41) is 17.2. The van der Waals surface area contributed by atoms with Crippen LogP contribution in [0.3, 0.4) is 0 Å². The van der Waals surface area contributed by atoms with Crippen molar-refractivity contribution in [3.05, 3.63) is 15.5 Å². The molecule has 0 unspecified atom stereocenters. The van der Waals surface area contributed by atoms with Crippen LogP contribution in [0.5, 0.6) is 0 Å². The standard InChI is InChI=1S/C11H11N3OS2/c1-2-3-4-14-8-16-10(17-11(14)15)5-9(6-12)7-13/h2-4,8H2,1H3. The zero-order valence-corrected chi connectivity index (χ0v) is 11.0. The van der Waals surface area contributed by atoms with E-state index < -0.39 is 0 Å². The van der Waals surface area contributed by atoms with Gasteiger partial charge >= 0.3 is 0 Å². The summed E-state index contributed by atoms with van der Waals surface area (Å²) in [5.41, 5.74) is 2.56. The van der Waals surface area contributed by atoms with Crippen LogP contribution in [0.2, 0.25) is 0 Å². The average molecular weight is 265 g/mol. The second kappa shape index (κ2) is 7.09. The third-order valence-corrected chi connectivity index (χ3v) is 4.15. The Balaban J connectivity index is 2.72. The Labute approximate surface area is 109 Å². The monoisotopic (exact) mass is 265 g/mol. The van der Waals surface area contributed by atoms with E-state index in [1.807, 2.05) is 0 Å². The first-order chi connectivity index (χ1) is 8.21. The van der Waals surface area contributed by atoms with Crippen LogP contribution in [0.4, 0.5) is 4.79 Å². The third kappa shape index (κ3) is 4.20. The van der Waals surface area contributed by atoms with Gasteiger partial charge in [-0.3, -0.25) is 4.79 Å². The molecule has 0 spiro atoms. The number of thioether (sulfide) groups is 2. The van der Waals surface area contributed by atoms with E-state index in [1.54, 1.807) is 17.0 Å². The Hall–Kier alpha value is -1.33. The molecule has 1 saturated heterocycles. The molecule has 1 heterocycles. The van der Waals surface area contributed by atoms with Crippen molar-refractivity contribution in [1.82, 2.24) is 4.90 Å². The molecule has 88 valence electrons. The van der Waals surface area contributed by atoms with Gasteiger partial charge in [0.05, 0.1) is 10.1 Å². The highest BCUT2D eigenvalue weighted by Gasteiger charge is 2.22. The molecule has 0 bridgehead atoms. The van der Waals surface area contributed by atoms with E-state index in [0.29, 0.717) is 10.1 Å². The third-order valence-electron chi connectivity index (χ3n) is 2.02. The highest BCUT2D eigenvalue weighted by molar-refractivity contribution is 8.30. The number of rotatable bonds is 3. The fourth-order valence-corrected chi connectivity index (χ4v) is 3.09. The van der Waals surface area contributed by atoms with Gasteiger partial charge in [-0.25, -0.2) is 0 Å². The normalized spacial score (nSPS) is 14.9. The zero-order chi connectivity index (χ0) is 12.7. The van der Waals surface area contributed by atoms with Crippen LogP contribution in [0.25, 0.3) is 0 Å². The topological polar surface area (TPSA) is 67.9 Å². The van der Waals surface area contributed by atoms with Gasteiger partial charge in [-0.15, -0.1) is 0 Å². The van der Waals surface area contributed by atoms with Gasteiger partial charge in [-0.1, -0.05) is 30.8 Å². The fraction of sp³-hybridized carbons (Fsp3) is 0.455. The van der Waals surface area contributed by atoms with Crippen LogP contribution < -0.4 is 0 Å². The number of unbranched alkanes of at least 4 members (excludes halogenated alkanes) is 1. The van der Waals surface area contributed by atoms with Gasteiger partial charge in [0.1, 0.15) is 12.1 Å². The molecule has 1 aliphatic heterocycles. The summed E-state index contributed by atoms with van der Waals surface area (Å²) in [6.07, 6.45) is 2.04. The maximum atomic E-state index is 11.7. The van der Waals surface area contributed by atoms with Crippen molar-refractivity contribution in [1.29, 1.82) is 10.5 Å².